The Morgan fingerprint density at radius 2 is 2.10 bits per heavy atom. The molecule has 1 aliphatic rings. The Kier molecular flexibility index (Phi) is 6.17. The maximum absolute atomic E-state index is 14.4. The summed E-state index contributed by atoms with van der Waals surface area (Å²) in [5.41, 5.74) is 6.93. The number of nitrogens with zero attached hydrogens (tertiary/aromatic N) is 2. The van der Waals surface area contributed by atoms with Crippen LogP contribution in [0.2, 0.25) is 0 Å². The molecule has 0 atom stereocenters. The second-order valence-electron chi connectivity index (χ2n) is 6.84. The number of nitrogens with one attached hydrogen (secondary N) is 1. The molecular weight excluding hydrogens is 395 g/mol. The van der Waals surface area contributed by atoms with Crippen LogP contribution >= 0.6 is 0 Å². The number of sulfonamides is 1. The summed E-state index contributed by atoms with van der Waals surface area (Å²) in [7, 11) is -3.54. The lowest BCUT2D eigenvalue weighted by Gasteiger charge is -2.10. The zero-order chi connectivity index (χ0) is 21.0. The Bertz CT molecular complexity index is 1120. The molecule has 1 aliphatic carbocycles. The summed E-state index contributed by atoms with van der Waals surface area (Å²) in [6.45, 7) is 2.56. The van der Waals surface area contributed by atoms with Gasteiger partial charge < -0.3 is 10.3 Å². The number of anilines is 1. The summed E-state index contributed by atoms with van der Waals surface area (Å²) in [6.07, 6.45) is 6.41. The van der Waals surface area contributed by atoms with Crippen LogP contribution in [0.15, 0.2) is 52.5 Å². The van der Waals surface area contributed by atoms with Crippen molar-refractivity contribution in [3.05, 3.63) is 64.5 Å². The highest BCUT2D eigenvalue weighted by Gasteiger charge is 2.36. The molecule has 0 radical (unpaired) electrons. The maximum atomic E-state index is 14.4. The summed E-state index contributed by atoms with van der Waals surface area (Å²) in [5.74, 6) is -0.698. The number of halogens is 1. The molecule has 1 aromatic carbocycles. The minimum absolute atomic E-state index is 0.0967. The number of nitrogens with two attached hydrogens (primary N) is 1. The van der Waals surface area contributed by atoms with E-state index in [4.69, 9.17) is 5.73 Å². The van der Waals surface area contributed by atoms with Crippen LogP contribution in [0.5, 0.6) is 0 Å². The van der Waals surface area contributed by atoms with Gasteiger partial charge in [-0.15, -0.1) is 0 Å². The second kappa shape index (κ2) is 8.60. The van der Waals surface area contributed by atoms with E-state index in [1.807, 2.05) is 6.92 Å². The van der Waals surface area contributed by atoms with Crippen LogP contribution in [0.1, 0.15) is 31.7 Å². The van der Waals surface area contributed by atoms with Gasteiger partial charge in [0.15, 0.2) is 0 Å². The lowest BCUT2D eigenvalue weighted by atomic mass is 10.1. The largest absolute Gasteiger partial charge is 0.404 e. The Hall–Kier alpha value is -2.94. The van der Waals surface area contributed by atoms with E-state index in [1.165, 1.54) is 30.6 Å². The zero-order valence-electron chi connectivity index (χ0n) is 16.0. The first-order chi connectivity index (χ1) is 13.8. The van der Waals surface area contributed by atoms with E-state index in [9.17, 15) is 17.6 Å². The number of benzene rings is 1. The van der Waals surface area contributed by atoms with Crippen LogP contribution < -0.4 is 16.0 Å². The number of aromatic nitrogens is 1. The van der Waals surface area contributed by atoms with Gasteiger partial charge in [0.25, 0.3) is 5.56 Å². The van der Waals surface area contributed by atoms with Crippen molar-refractivity contribution in [3.63, 3.8) is 0 Å². The van der Waals surface area contributed by atoms with E-state index in [0.29, 0.717) is 36.2 Å². The lowest BCUT2D eigenvalue weighted by Crippen LogP contribution is -2.18. The third kappa shape index (κ3) is 5.11. The van der Waals surface area contributed by atoms with Crippen molar-refractivity contribution < 1.29 is 12.8 Å². The fourth-order valence-electron chi connectivity index (χ4n) is 2.76. The standard InChI is InChI=1S/C20H23FN4O3S/c1-2-9-25-13-16(4-8-20(25)26)23-12-15(11-22)14-3-7-19(18(21)10-14)24-29(27,28)17-5-6-17/h3-4,7-8,10-13,17,24H,2,5-6,9,22H2,1H3. The molecule has 0 saturated heterocycles. The topological polar surface area (TPSA) is 107 Å². The number of pyridine rings is 1. The fraction of sp³-hybridized carbons (Fsp3) is 0.300. The molecule has 9 heteroatoms. The first-order valence-corrected chi connectivity index (χ1v) is 10.9. The van der Waals surface area contributed by atoms with Crippen molar-refractivity contribution in [2.24, 2.45) is 10.7 Å². The quantitative estimate of drug-likeness (QED) is 0.643. The van der Waals surface area contributed by atoms with Gasteiger partial charge in [-0.05, 0) is 43.0 Å². The molecule has 0 spiro atoms. The summed E-state index contributed by atoms with van der Waals surface area (Å²) < 4.78 is 42.3. The minimum Gasteiger partial charge on any atom is -0.404 e. The molecule has 3 N–H and O–H groups in total. The Labute approximate surface area is 168 Å². The van der Waals surface area contributed by atoms with Crippen LogP contribution in [0.25, 0.3) is 5.57 Å². The Morgan fingerprint density at radius 1 is 1.34 bits per heavy atom. The monoisotopic (exact) mass is 418 g/mol. The van der Waals surface area contributed by atoms with Crippen molar-refractivity contribution in [2.45, 2.75) is 38.0 Å². The predicted octanol–water partition coefficient (Wildman–Crippen LogP) is 3.00. The molecule has 0 bridgehead atoms. The highest BCUT2D eigenvalue weighted by atomic mass is 32.2. The fourth-order valence-corrected chi connectivity index (χ4v) is 4.16. The van der Waals surface area contributed by atoms with Crippen molar-refractivity contribution >= 4 is 33.2 Å². The summed E-state index contributed by atoms with van der Waals surface area (Å²) in [6, 6.07) is 7.16. The molecule has 0 amide bonds. The first-order valence-electron chi connectivity index (χ1n) is 9.32. The predicted molar refractivity (Wildman–Crippen MR) is 113 cm³/mol. The molecule has 7 nitrogen and oxygen atoms in total. The second-order valence-corrected chi connectivity index (χ2v) is 8.80. The van der Waals surface area contributed by atoms with Crippen LogP contribution in [0.4, 0.5) is 15.8 Å². The SMILES string of the molecule is CCCn1cc(N=CC(=CN)c2ccc(NS(=O)(=O)C3CC3)c(F)c2)ccc1=O. The van der Waals surface area contributed by atoms with Crippen LogP contribution in [-0.2, 0) is 16.6 Å². The number of rotatable bonds is 8. The molecule has 1 heterocycles. The molecule has 0 aliphatic heterocycles. The molecule has 1 saturated carbocycles. The summed E-state index contributed by atoms with van der Waals surface area (Å²) >= 11 is 0. The molecule has 1 fully saturated rings. The smallest absolute Gasteiger partial charge is 0.250 e. The van der Waals surface area contributed by atoms with Gasteiger partial charge in [-0.2, -0.15) is 0 Å². The molecule has 154 valence electrons. The number of aliphatic imine (C=N–C) groups is 1. The number of aryl methyl sites for hydroxylation is 1. The van der Waals surface area contributed by atoms with Crippen molar-refractivity contribution in [1.82, 2.24) is 4.57 Å². The molecule has 0 unspecified atom stereocenters. The van der Waals surface area contributed by atoms with Crippen molar-refractivity contribution in [2.75, 3.05) is 4.72 Å². The highest BCUT2D eigenvalue weighted by molar-refractivity contribution is 7.93. The van der Waals surface area contributed by atoms with E-state index < -0.39 is 21.1 Å². The normalized spacial score (nSPS) is 15.0. The van der Waals surface area contributed by atoms with Gasteiger partial charge in [-0.1, -0.05) is 13.0 Å². The van der Waals surface area contributed by atoms with E-state index >= 15 is 0 Å². The third-order valence-electron chi connectivity index (χ3n) is 4.48. The highest BCUT2D eigenvalue weighted by Crippen LogP contribution is 2.31. The van der Waals surface area contributed by atoms with Gasteiger partial charge in [-0.25, -0.2) is 12.8 Å². The molecule has 1 aromatic heterocycles. The average molecular weight is 418 g/mol. The van der Waals surface area contributed by atoms with Gasteiger partial charge in [0.1, 0.15) is 5.82 Å². The molecular formula is C20H23FN4O3S. The Morgan fingerprint density at radius 3 is 2.72 bits per heavy atom. The van der Waals surface area contributed by atoms with Gasteiger partial charge in [0, 0.05) is 36.8 Å². The van der Waals surface area contributed by atoms with Gasteiger partial charge >= 0.3 is 0 Å². The molecule has 3 rings (SSSR count). The molecule has 29 heavy (non-hydrogen) atoms. The lowest BCUT2D eigenvalue weighted by molar-refractivity contribution is 0.597. The van der Waals surface area contributed by atoms with Crippen LogP contribution in [0.3, 0.4) is 0 Å². The Balaban J connectivity index is 1.80. The van der Waals surface area contributed by atoms with E-state index in [0.717, 1.165) is 6.42 Å². The van der Waals surface area contributed by atoms with E-state index in [2.05, 4.69) is 9.71 Å². The third-order valence-corrected chi connectivity index (χ3v) is 6.34. The van der Waals surface area contributed by atoms with Crippen molar-refractivity contribution in [1.29, 1.82) is 0 Å². The first kappa shape index (κ1) is 20.8. The average Bonchev–Trinajstić information content (AvgIpc) is 3.53. The zero-order valence-corrected chi connectivity index (χ0v) is 16.8. The molecule has 2 aromatic rings. The van der Waals surface area contributed by atoms with Gasteiger partial charge in [0.05, 0.1) is 16.6 Å². The van der Waals surface area contributed by atoms with E-state index in [-0.39, 0.29) is 11.2 Å². The number of hydrogen-bond donors (Lipinski definition) is 2. The summed E-state index contributed by atoms with van der Waals surface area (Å²) in [5, 5.41) is -0.441. The van der Waals surface area contributed by atoms with Crippen molar-refractivity contribution in [3.8, 4) is 0 Å². The van der Waals surface area contributed by atoms with E-state index in [1.54, 1.807) is 22.9 Å². The number of allylic oxidation sites excluding steroid dienone is 1. The van der Waals surface area contributed by atoms with Gasteiger partial charge in [-0.3, -0.25) is 14.5 Å². The van der Waals surface area contributed by atoms with Gasteiger partial charge in [0.2, 0.25) is 10.0 Å². The van der Waals surface area contributed by atoms with Crippen LogP contribution in [-0.4, -0.2) is 24.4 Å². The maximum Gasteiger partial charge on any atom is 0.250 e. The minimum atomic E-state index is -3.54. The summed E-state index contributed by atoms with van der Waals surface area (Å²) in [4.78, 5) is 16.1. The van der Waals surface area contributed by atoms with Crippen LogP contribution in [0, 0.1) is 5.82 Å². The number of hydrogen-bond acceptors (Lipinski definition) is 5.